The molecule has 0 saturated heterocycles. The second kappa shape index (κ2) is 8.86. The molecule has 0 spiro atoms. The maximum Gasteiger partial charge on any atom is 0.119 e. The van der Waals surface area contributed by atoms with Gasteiger partial charge in [0.2, 0.25) is 0 Å². The first kappa shape index (κ1) is 18.5. The van der Waals surface area contributed by atoms with Gasteiger partial charge in [-0.2, -0.15) is 12.6 Å². The van der Waals surface area contributed by atoms with Crippen LogP contribution >= 0.6 is 12.6 Å². The van der Waals surface area contributed by atoms with Crippen LogP contribution in [-0.2, 0) is 10.2 Å². The van der Waals surface area contributed by atoms with Crippen molar-refractivity contribution >= 4 is 18.9 Å². The molecule has 0 N–H and O–H groups in total. The molecule has 0 aliphatic carbocycles. The van der Waals surface area contributed by atoms with E-state index in [0.717, 1.165) is 19.1 Å². The molecule has 132 valence electrons. The van der Waals surface area contributed by atoms with E-state index in [1.165, 1.54) is 16.7 Å². The normalized spacial score (nSPS) is 12.5. The Kier molecular flexibility index (Phi) is 6.30. The lowest BCUT2D eigenvalue weighted by molar-refractivity contribution is -0.107. The smallest absolute Gasteiger partial charge is 0.119 e. The molecule has 1 nitrogen and oxygen atoms in total. The molecule has 2 heteroatoms. The van der Waals surface area contributed by atoms with Crippen LogP contribution in [0.25, 0.3) is 0 Å². The molecule has 0 bridgehead atoms. The van der Waals surface area contributed by atoms with Crippen LogP contribution in [0.3, 0.4) is 0 Å². The van der Waals surface area contributed by atoms with E-state index in [-0.39, 0.29) is 10.7 Å². The molecular formula is C24H24OS. The first-order valence-electron chi connectivity index (χ1n) is 9.08. The molecule has 3 rings (SSSR count). The van der Waals surface area contributed by atoms with Crippen molar-refractivity contribution in [2.45, 2.75) is 29.9 Å². The van der Waals surface area contributed by atoms with Crippen LogP contribution in [0.4, 0.5) is 0 Å². The summed E-state index contributed by atoms with van der Waals surface area (Å²) < 4.78 is 0. The minimum absolute atomic E-state index is 0.0506. The van der Waals surface area contributed by atoms with Gasteiger partial charge in [-0.15, -0.1) is 0 Å². The molecule has 0 amide bonds. The van der Waals surface area contributed by atoms with Gasteiger partial charge in [-0.25, -0.2) is 0 Å². The summed E-state index contributed by atoms with van der Waals surface area (Å²) >= 11 is 5.10. The zero-order chi connectivity index (χ0) is 18.2. The summed E-state index contributed by atoms with van der Waals surface area (Å²) in [4.78, 5) is 10.8. The van der Waals surface area contributed by atoms with Crippen molar-refractivity contribution in [1.29, 1.82) is 0 Å². The SMILES string of the molecule is O=CCCCC(S)C(c1ccccc1)(c1ccccc1)c1ccccc1. The minimum atomic E-state index is -0.365. The largest absolute Gasteiger partial charge is 0.303 e. The Morgan fingerprint density at radius 1 is 0.731 bits per heavy atom. The van der Waals surface area contributed by atoms with Gasteiger partial charge in [-0.1, -0.05) is 91.0 Å². The van der Waals surface area contributed by atoms with Gasteiger partial charge >= 0.3 is 0 Å². The summed E-state index contributed by atoms with van der Waals surface area (Å²) in [6, 6.07) is 31.7. The van der Waals surface area contributed by atoms with E-state index in [9.17, 15) is 4.79 Å². The summed E-state index contributed by atoms with van der Waals surface area (Å²) in [6.07, 6.45) is 3.27. The molecule has 0 heterocycles. The van der Waals surface area contributed by atoms with Gasteiger partial charge < -0.3 is 4.79 Å². The monoisotopic (exact) mass is 360 g/mol. The first-order chi connectivity index (χ1) is 12.8. The third-order valence-corrected chi connectivity index (χ3v) is 5.63. The number of carbonyl (C=O) groups is 1. The molecule has 0 fully saturated rings. The topological polar surface area (TPSA) is 17.1 Å². The second-order valence-electron chi connectivity index (χ2n) is 6.52. The summed E-state index contributed by atoms with van der Waals surface area (Å²) in [5, 5.41) is 0.0506. The number of benzene rings is 3. The summed E-state index contributed by atoms with van der Waals surface area (Å²) in [6.45, 7) is 0. The fraction of sp³-hybridized carbons (Fsp3) is 0.208. The van der Waals surface area contributed by atoms with Crippen LogP contribution < -0.4 is 0 Å². The van der Waals surface area contributed by atoms with E-state index in [4.69, 9.17) is 12.6 Å². The van der Waals surface area contributed by atoms with Crippen molar-refractivity contribution < 1.29 is 4.79 Å². The van der Waals surface area contributed by atoms with Gasteiger partial charge in [0, 0.05) is 11.7 Å². The molecule has 3 aromatic carbocycles. The predicted octanol–water partition coefficient (Wildman–Crippen LogP) is 5.69. The Labute approximate surface area is 161 Å². The van der Waals surface area contributed by atoms with E-state index in [0.29, 0.717) is 6.42 Å². The molecular weight excluding hydrogens is 336 g/mol. The lowest BCUT2D eigenvalue weighted by Crippen LogP contribution is -2.39. The maximum absolute atomic E-state index is 10.8. The van der Waals surface area contributed by atoms with Gasteiger partial charge in [-0.3, -0.25) is 0 Å². The molecule has 0 aliphatic heterocycles. The van der Waals surface area contributed by atoms with Crippen molar-refractivity contribution in [3.8, 4) is 0 Å². The van der Waals surface area contributed by atoms with Gasteiger partial charge in [-0.05, 0) is 29.5 Å². The second-order valence-corrected chi connectivity index (χ2v) is 7.14. The van der Waals surface area contributed by atoms with Crippen LogP contribution in [0.15, 0.2) is 91.0 Å². The summed E-state index contributed by atoms with van der Waals surface area (Å²) in [5.41, 5.74) is 3.31. The summed E-state index contributed by atoms with van der Waals surface area (Å²) in [5.74, 6) is 0. The van der Waals surface area contributed by atoms with E-state index < -0.39 is 0 Å². The maximum atomic E-state index is 10.8. The minimum Gasteiger partial charge on any atom is -0.303 e. The Balaban J connectivity index is 2.22. The number of hydrogen-bond donors (Lipinski definition) is 1. The average molecular weight is 361 g/mol. The molecule has 0 aromatic heterocycles. The molecule has 1 atom stereocenters. The molecule has 0 saturated carbocycles. The number of thiol groups is 1. The Morgan fingerprint density at radius 2 is 1.12 bits per heavy atom. The van der Waals surface area contributed by atoms with Crippen molar-refractivity contribution in [2.75, 3.05) is 0 Å². The van der Waals surface area contributed by atoms with Crippen molar-refractivity contribution in [2.24, 2.45) is 0 Å². The van der Waals surface area contributed by atoms with Crippen LogP contribution in [0.1, 0.15) is 36.0 Å². The van der Waals surface area contributed by atoms with Crippen LogP contribution in [-0.4, -0.2) is 11.5 Å². The Morgan fingerprint density at radius 3 is 1.46 bits per heavy atom. The lowest BCUT2D eigenvalue weighted by Gasteiger charge is -2.41. The zero-order valence-electron chi connectivity index (χ0n) is 14.8. The number of unbranched alkanes of at least 4 members (excludes halogenated alkanes) is 1. The summed E-state index contributed by atoms with van der Waals surface area (Å²) in [7, 11) is 0. The highest BCUT2D eigenvalue weighted by Crippen LogP contribution is 2.45. The van der Waals surface area contributed by atoms with E-state index in [1.807, 2.05) is 18.2 Å². The van der Waals surface area contributed by atoms with Crippen LogP contribution in [0, 0.1) is 0 Å². The Bertz CT molecular complexity index is 703. The fourth-order valence-electron chi connectivity index (χ4n) is 3.79. The molecule has 1 unspecified atom stereocenters. The third kappa shape index (κ3) is 3.61. The fourth-order valence-corrected chi connectivity index (χ4v) is 4.42. The number of aldehydes is 1. The van der Waals surface area contributed by atoms with E-state index in [1.54, 1.807) is 0 Å². The van der Waals surface area contributed by atoms with Crippen molar-refractivity contribution in [1.82, 2.24) is 0 Å². The quantitative estimate of drug-likeness (QED) is 0.236. The van der Waals surface area contributed by atoms with Crippen LogP contribution in [0.2, 0.25) is 0 Å². The van der Waals surface area contributed by atoms with Gasteiger partial charge in [0.05, 0.1) is 5.41 Å². The molecule has 0 aliphatic rings. The van der Waals surface area contributed by atoms with Crippen molar-refractivity contribution in [3.05, 3.63) is 108 Å². The zero-order valence-corrected chi connectivity index (χ0v) is 15.7. The Hall–Kier alpha value is -2.32. The predicted molar refractivity (Wildman–Crippen MR) is 112 cm³/mol. The third-order valence-electron chi connectivity index (χ3n) is 4.99. The van der Waals surface area contributed by atoms with Crippen LogP contribution in [0.5, 0.6) is 0 Å². The van der Waals surface area contributed by atoms with Gasteiger partial charge in [0.25, 0.3) is 0 Å². The number of hydrogen-bond acceptors (Lipinski definition) is 2. The first-order valence-corrected chi connectivity index (χ1v) is 9.60. The van der Waals surface area contributed by atoms with Gasteiger partial charge in [0.15, 0.2) is 0 Å². The number of carbonyl (C=O) groups excluding carboxylic acids is 1. The highest BCUT2D eigenvalue weighted by molar-refractivity contribution is 7.81. The van der Waals surface area contributed by atoms with E-state index in [2.05, 4.69) is 72.8 Å². The number of rotatable bonds is 8. The molecule has 26 heavy (non-hydrogen) atoms. The molecule has 3 aromatic rings. The van der Waals surface area contributed by atoms with Crippen molar-refractivity contribution in [3.63, 3.8) is 0 Å². The molecule has 0 radical (unpaired) electrons. The average Bonchev–Trinajstić information content (AvgIpc) is 2.71. The standard InChI is InChI=1S/C24H24OS/c25-19-11-10-18-23(26)24(20-12-4-1-5-13-20,21-14-6-2-7-15-21)22-16-8-3-9-17-22/h1-9,12-17,19,23,26H,10-11,18H2. The highest BCUT2D eigenvalue weighted by atomic mass is 32.1. The lowest BCUT2D eigenvalue weighted by atomic mass is 9.66. The van der Waals surface area contributed by atoms with Gasteiger partial charge in [0.1, 0.15) is 6.29 Å². The van der Waals surface area contributed by atoms with E-state index >= 15 is 0 Å². The highest BCUT2D eigenvalue weighted by Gasteiger charge is 2.41.